The number of nitrogens with zero attached hydrogens (tertiary/aromatic N) is 1. The molecule has 20 heavy (non-hydrogen) atoms. The summed E-state index contributed by atoms with van der Waals surface area (Å²) in [4.78, 5) is 26.7. The molecule has 1 rings (SSSR count). The van der Waals surface area contributed by atoms with E-state index < -0.39 is 21.7 Å². The Balaban J connectivity index is 2.74. The molecular formula is C12H15N3O4S. The summed E-state index contributed by atoms with van der Waals surface area (Å²) in [7, 11) is -3.42. The van der Waals surface area contributed by atoms with Gasteiger partial charge in [0, 0.05) is 11.8 Å². The molecule has 1 aromatic rings. The number of nitrogens with two attached hydrogens (primary N) is 1. The van der Waals surface area contributed by atoms with E-state index in [4.69, 9.17) is 5.73 Å². The molecule has 0 aliphatic carbocycles. The second kappa shape index (κ2) is 6.29. The van der Waals surface area contributed by atoms with Crippen LogP contribution in [0.2, 0.25) is 0 Å². The second-order valence-corrected chi connectivity index (χ2v) is 6.12. The van der Waals surface area contributed by atoms with Crippen molar-refractivity contribution >= 4 is 27.3 Å². The van der Waals surface area contributed by atoms with Crippen LogP contribution < -0.4 is 11.1 Å². The summed E-state index contributed by atoms with van der Waals surface area (Å²) in [5.74, 6) is -1.48. The molecule has 0 fully saturated rings. The van der Waals surface area contributed by atoms with E-state index in [1.54, 1.807) is 6.92 Å². The quantitative estimate of drug-likeness (QED) is 0.786. The van der Waals surface area contributed by atoms with Crippen LogP contribution in [0.15, 0.2) is 24.3 Å². The van der Waals surface area contributed by atoms with E-state index in [2.05, 4.69) is 16.9 Å². The highest BCUT2D eigenvalue weighted by molar-refractivity contribution is 7.94. The minimum atomic E-state index is -3.42. The average molecular weight is 297 g/mol. The standard InChI is InChI=1S/C12H15N3O4S/c1-3-20(18,19)5-4-11(16)15-9-6-10(12(13)17)8(2)14-7-9/h3,6-7H,1,4-5H2,2H3,(H2,13,17)(H,15,16). The third kappa shape index (κ3) is 4.47. The Morgan fingerprint density at radius 2 is 2.15 bits per heavy atom. The predicted molar refractivity (Wildman–Crippen MR) is 74.7 cm³/mol. The fraction of sp³-hybridized carbons (Fsp3) is 0.250. The van der Waals surface area contributed by atoms with E-state index in [0.29, 0.717) is 5.69 Å². The molecule has 0 saturated heterocycles. The Morgan fingerprint density at radius 3 is 2.70 bits per heavy atom. The number of nitrogens with one attached hydrogen (secondary N) is 1. The van der Waals surface area contributed by atoms with Crippen LogP contribution >= 0.6 is 0 Å². The van der Waals surface area contributed by atoms with Gasteiger partial charge in [-0.05, 0) is 13.0 Å². The van der Waals surface area contributed by atoms with Gasteiger partial charge in [-0.1, -0.05) is 6.58 Å². The van der Waals surface area contributed by atoms with Gasteiger partial charge in [0.15, 0.2) is 9.84 Å². The zero-order chi connectivity index (χ0) is 15.3. The fourth-order valence-corrected chi connectivity index (χ4v) is 2.03. The number of aryl methyl sites for hydroxylation is 1. The number of pyridine rings is 1. The molecule has 0 spiro atoms. The number of hydrogen-bond donors (Lipinski definition) is 2. The summed E-state index contributed by atoms with van der Waals surface area (Å²) in [6.45, 7) is 4.77. The Bertz CT molecular complexity index is 653. The smallest absolute Gasteiger partial charge is 0.250 e. The molecular weight excluding hydrogens is 282 g/mol. The normalized spacial score (nSPS) is 10.8. The van der Waals surface area contributed by atoms with Crippen LogP contribution in [0.1, 0.15) is 22.5 Å². The van der Waals surface area contributed by atoms with Gasteiger partial charge in [0.1, 0.15) is 0 Å². The van der Waals surface area contributed by atoms with Crippen LogP contribution in [0, 0.1) is 6.92 Å². The van der Waals surface area contributed by atoms with Gasteiger partial charge in [-0.25, -0.2) is 8.42 Å². The van der Waals surface area contributed by atoms with E-state index >= 15 is 0 Å². The first-order chi connectivity index (χ1) is 9.25. The van der Waals surface area contributed by atoms with Gasteiger partial charge in [-0.3, -0.25) is 14.6 Å². The number of primary amides is 1. The third-order valence-electron chi connectivity index (χ3n) is 2.50. The molecule has 8 heteroatoms. The summed E-state index contributed by atoms with van der Waals surface area (Å²) < 4.78 is 22.3. The highest BCUT2D eigenvalue weighted by atomic mass is 32.2. The summed E-state index contributed by atoms with van der Waals surface area (Å²) in [5, 5.41) is 3.26. The Labute approximate surface area is 116 Å². The first-order valence-electron chi connectivity index (χ1n) is 5.66. The number of rotatable bonds is 6. The molecule has 0 aromatic carbocycles. The maximum Gasteiger partial charge on any atom is 0.250 e. The lowest BCUT2D eigenvalue weighted by Crippen LogP contribution is -2.18. The van der Waals surface area contributed by atoms with Crippen LogP contribution in [0.4, 0.5) is 5.69 Å². The average Bonchev–Trinajstić information content (AvgIpc) is 2.38. The number of aromatic nitrogens is 1. The molecule has 0 bridgehead atoms. The van der Waals surface area contributed by atoms with Crippen molar-refractivity contribution in [2.45, 2.75) is 13.3 Å². The van der Waals surface area contributed by atoms with Gasteiger partial charge < -0.3 is 11.1 Å². The number of hydrogen-bond acceptors (Lipinski definition) is 5. The SMILES string of the molecule is C=CS(=O)(=O)CCC(=O)Nc1cnc(C)c(C(N)=O)c1. The van der Waals surface area contributed by atoms with Crippen molar-refractivity contribution in [3.8, 4) is 0 Å². The van der Waals surface area contributed by atoms with E-state index in [9.17, 15) is 18.0 Å². The lowest BCUT2D eigenvalue weighted by atomic mass is 10.2. The van der Waals surface area contributed by atoms with E-state index in [-0.39, 0.29) is 23.4 Å². The lowest BCUT2D eigenvalue weighted by Gasteiger charge is -2.07. The first kappa shape index (κ1) is 15.8. The fourth-order valence-electron chi connectivity index (χ4n) is 1.39. The third-order valence-corrected chi connectivity index (χ3v) is 3.78. The summed E-state index contributed by atoms with van der Waals surface area (Å²) in [6, 6.07) is 1.39. The van der Waals surface area contributed by atoms with Crippen LogP contribution in [-0.4, -0.2) is 31.0 Å². The number of sulfone groups is 1. The van der Waals surface area contributed by atoms with Gasteiger partial charge in [-0.15, -0.1) is 0 Å². The van der Waals surface area contributed by atoms with E-state index in [1.165, 1.54) is 12.3 Å². The maximum absolute atomic E-state index is 11.6. The molecule has 1 aromatic heterocycles. The highest BCUT2D eigenvalue weighted by Crippen LogP contribution is 2.12. The van der Waals surface area contributed by atoms with Crippen molar-refractivity contribution < 1.29 is 18.0 Å². The zero-order valence-electron chi connectivity index (χ0n) is 10.9. The molecule has 1 heterocycles. The van der Waals surface area contributed by atoms with Crippen molar-refractivity contribution in [2.24, 2.45) is 5.73 Å². The number of carbonyl (C=O) groups is 2. The van der Waals surface area contributed by atoms with Crippen molar-refractivity contribution in [3.05, 3.63) is 35.5 Å². The minimum Gasteiger partial charge on any atom is -0.366 e. The zero-order valence-corrected chi connectivity index (χ0v) is 11.7. The lowest BCUT2D eigenvalue weighted by molar-refractivity contribution is -0.115. The number of anilines is 1. The Kier molecular flexibility index (Phi) is 4.98. The second-order valence-electron chi connectivity index (χ2n) is 4.05. The van der Waals surface area contributed by atoms with Gasteiger partial charge in [0.2, 0.25) is 5.91 Å². The van der Waals surface area contributed by atoms with Gasteiger partial charge in [0.25, 0.3) is 5.91 Å². The monoisotopic (exact) mass is 297 g/mol. The molecule has 0 atom stereocenters. The van der Waals surface area contributed by atoms with Gasteiger partial charge in [0.05, 0.1) is 28.9 Å². The molecule has 0 saturated carbocycles. The predicted octanol–water partition coefficient (Wildman–Crippen LogP) is 0.376. The molecule has 0 radical (unpaired) electrons. The summed E-state index contributed by atoms with van der Waals surface area (Å²) >= 11 is 0. The van der Waals surface area contributed by atoms with Crippen molar-refractivity contribution in [1.82, 2.24) is 4.98 Å². The molecule has 7 nitrogen and oxygen atoms in total. The maximum atomic E-state index is 11.6. The van der Waals surface area contributed by atoms with Gasteiger partial charge >= 0.3 is 0 Å². The minimum absolute atomic E-state index is 0.196. The summed E-state index contributed by atoms with van der Waals surface area (Å²) in [6.07, 6.45) is 1.15. The Hall–Kier alpha value is -2.22. The highest BCUT2D eigenvalue weighted by Gasteiger charge is 2.12. The summed E-state index contributed by atoms with van der Waals surface area (Å²) in [5.41, 5.74) is 6.09. The van der Waals surface area contributed by atoms with Crippen LogP contribution in [0.25, 0.3) is 0 Å². The van der Waals surface area contributed by atoms with E-state index in [1.807, 2.05) is 0 Å². The van der Waals surface area contributed by atoms with Crippen LogP contribution in [0.5, 0.6) is 0 Å². The number of carbonyl (C=O) groups excluding carboxylic acids is 2. The molecule has 108 valence electrons. The molecule has 2 amide bonds. The first-order valence-corrected chi connectivity index (χ1v) is 7.38. The molecule has 0 unspecified atom stereocenters. The largest absolute Gasteiger partial charge is 0.366 e. The van der Waals surface area contributed by atoms with E-state index in [0.717, 1.165) is 5.41 Å². The molecule has 3 N–H and O–H groups in total. The van der Waals surface area contributed by atoms with Crippen LogP contribution in [-0.2, 0) is 14.6 Å². The number of amides is 2. The van der Waals surface area contributed by atoms with Gasteiger partial charge in [-0.2, -0.15) is 0 Å². The molecule has 0 aliphatic heterocycles. The van der Waals surface area contributed by atoms with Crippen molar-refractivity contribution in [3.63, 3.8) is 0 Å². The Morgan fingerprint density at radius 1 is 1.50 bits per heavy atom. The van der Waals surface area contributed by atoms with Crippen molar-refractivity contribution in [2.75, 3.05) is 11.1 Å². The van der Waals surface area contributed by atoms with Crippen molar-refractivity contribution in [1.29, 1.82) is 0 Å². The molecule has 0 aliphatic rings. The van der Waals surface area contributed by atoms with Crippen LogP contribution in [0.3, 0.4) is 0 Å². The topological polar surface area (TPSA) is 119 Å².